The van der Waals surface area contributed by atoms with Crippen LogP contribution in [0.25, 0.3) is 11.1 Å². The molecule has 0 N–H and O–H groups in total. The third-order valence-electron chi connectivity index (χ3n) is 5.35. The van der Waals surface area contributed by atoms with Gasteiger partial charge in [0.05, 0.1) is 0 Å². The molecule has 3 aromatic rings. The zero-order valence-corrected chi connectivity index (χ0v) is 14.8. The van der Waals surface area contributed by atoms with E-state index < -0.39 is 0 Å². The number of benzene rings is 3. The standard InChI is InChI=1S/C23H23N/c1-16-10-12-19-20-13-11-18(24(4)17-8-6-5-7-9-17)15-22(20)23(2,3)21(19)14-16/h5-15H,1-4H3. The Morgan fingerprint density at radius 1 is 0.708 bits per heavy atom. The van der Waals surface area contributed by atoms with Crippen LogP contribution in [0.5, 0.6) is 0 Å². The summed E-state index contributed by atoms with van der Waals surface area (Å²) in [5.74, 6) is 0. The van der Waals surface area contributed by atoms with Crippen LogP contribution in [0.2, 0.25) is 0 Å². The van der Waals surface area contributed by atoms with Gasteiger partial charge >= 0.3 is 0 Å². The lowest BCUT2D eigenvalue weighted by molar-refractivity contribution is 0.660. The van der Waals surface area contributed by atoms with Crippen LogP contribution in [0.4, 0.5) is 11.4 Å². The van der Waals surface area contributed by atoms with Crippen molar-refractivity contribution < 1.29 is 0 Å². The first-order chi connectivity index (χ1) is 11.5. The van der Waals surface area contributed by atoms with E-state index in [4.69, 9.17) is 0 Å². The molecule has 3 aromatic carbocycles. The van der Waals surface area contributed by atoms with Crippen molar-refractivity contribution >= 4 is 11.4 Å². The average molecular weight is 313 g/mol. The minimum atomic E-state index is 0.0459. The first kappa shape index (κ1) is 15.0. The predicted molar refractivity (Wildman–Crippen MR) is 103 cm³/mol. The summed E-state index contributed by atoms with van der Waals surface area (Å²) < 4.78 is 0. The maximum absolute atomic E-state index is 2.36. The number of para-hydroxylation sites is 1. The minimum Gasteiger partial charge on any atom is -0.345 e. The van der Waals surface area contributed by atoms with Crippen molar-refractivity contribution in [2.45, 2.75) is 26.2 Å². The van der Waals surface area contributed by atoms with Crippen LogP contribution in [-0.4, -0.2) is 7.05 Å². The highest BCUT2D eigenvalue weighted by Gasteiger charge is 2.35. The van der Waals surface area contributed by atoms with Crippen molar-refractivity contribution in [2.24, 2.45) is 0 Å². The molecule has 1 aliphatic carbocycles. The van der Waals surface area contributed by atoms with Gasteiger partial charge in [-0.1, -0.05) is 61.9 Å². The summed E-state index contributed by atoms with van der Waals surface area (Å²) in [6, 6.07) is 24.2. The number of rotatable bonds is 2. The lowest BCUT2D eigenvalue weighted by atomic mass is 9.82. The number of anilines is 2. The monoisotopic (exact) mass is 313 g/mol. The van der Waals surface area contributed by atoms with Crippen LogP contribution >= 0.6 is 0 Å². The van der Waals surface area contributed by atoms with Gasteiger partial charge in [0.15, 0.2) is 0 Å². The van der Waals surface area contributed by atoms with Gasteiger partial charge in [-0.3, -0.25) is 0 Å². The van der Waals surface area contributed by atoms with Crippen LogP contribution in [0.15, 0.2) is 66.7 Å². The molecular weight excluding hydrogens is 290 g/mol. The number of hydrogen-bond donors (Lipinski definition) is 0. The lowest BCUT2D eigenvalue weighted by Crippen LogP contribution is -2.16. The molecule has 4 rings (SSSR count). The van der Waals surface area contributed by atoms with Crippen molar-refractivity contribution in [3.63, 3.8) is 0 Å². The van der Waals surface area contributed by atoms with Crippen LogP contribution in [-0.2, 0) is 5.41 Å². The van der Waals surface area contributed by atoms with E-state index in [-0.39, 0.29) is 5.41 Å². The summed E-state index contributed by atoms with van der Waals surface area (Å²) >= 11 is 0. The highest BCUT2D eigenvalue weighted by molar-refractivity contribution is 5.83. The van der Waals surface area contributed by atoms with Crippen molar-refractivity contribution in [1.29, 1.82) is 0 Å². The summed E-state index contributed by atoms with van der Waals surface area (Å²) in [4.78, 5) is 2.25. The molecule has 0 aromatic heterocycles. The number of fused-ring (bicyclic) bond motifs is 3. The van der Waals surface area contributed by atoms with Gasteiger partial charge in [0.2, 0.25) is 0 Å². The second-order valence-electron chi connectivity index (χ2n) is 7.30. The maximum atomic E-state index is 2.36. The van der Waals surface area contributed by atoms with Gasteiger partial charge in [0, 0.05) is 23.8 Å². The van der Waals surface area contributed by atoms with E-state index in [9.17, 15) is 0 Å². The third kappa shape index (κ3) is 2.16. The van der Waals surface area contributed by atoms with E-state index in [1.165, 1.54) is 39.2 Å². The molecule has 1 aliphatic rings. The molecule has 0 aliphatic heterocycles. The Labute approximate surface area is 144 Å². The topological polar surface area (TPSA) is 3.24 Å². The zero-order chi connectivity index (χ0) is 16.9. The molecule has 0 bridgehead atoms. The van der Waals surface area contributed by atoms with Gasteiger partial charge in [0.25, 0.3) is 0 Å². The van der Waals surface area contributed by atoms with Crippen molar-refractivity contribution in [2.75, 3.05) is 11.9 Å². The third-order valence-corrected chi connectivity index (χ3v) is 5.35. The molecule has 0 saturated heterocycles. The summed E-state index contributed by atoms with van der Waals surface area (Å²) in [6.45, 7) is 6.85. The molecule has 120 valence electrons. The van der Waals surface area contributed by atoms with E-state index in [0.29, 0.717) is 0 Å². The average Bonchev–Trinajstić information content (AvgIpc) is 2.82. The summed E-state index contributed by atoms with van der Waals surface area (Å²) in [7, 11) is 2.14. The van der Waals surface area contributed by atoms with E-state index in [1.807, 2.05) is 0 Å². The molecule has 24 heavy (non-hydrogen) atoms. The van der Waals surface area contributed by atoms with E-state index in [2.05, 4.69) is 99.4 Å². The summed E-state index contributed by atoms with van der Waals surface area (Å²) in [6.07, 6.45) is 0. The first-order valence-electron chi connectivity index (χ1n) is 8.53. The normalized spacial score (nSPS) is 14.2. The molecule has 0 saturated carbocycles. The fraction of sp³-hybridized carbons (Fsp3) is 0.217. The second-order valence-corrected chi connectivity index (χ2v) is 7.30. The van der Waals surface area contributed by atoms with Gasteiger partial charge in [-0.05, 0) is 53.4 Å². The molecule has 0 spiro atoms. The summed E-state index contributed by atoms with van der Waals surface area (Å²) in [5.41, 5.74) is 9.44. The maximum Gasteiger partial charge on any atom is 0.0411 e. The second kappa shape index (κ2) is 5.24. The Morgan fingerprint density at radius 2 is 1.33 bits per heavy atom. The molecule has 0 heterocycles. The lowest BCUT2D eigenvalue weighted by Gasteiger charge is -2.25. The van der Waals surface area contributed by atoms with Gasteiger partial charge < -0.3 is 4.90 Å². The smallest absolute Gasteiger partial charge is 0.0411 e. The van der Waals surface area contributed by atoms with Crippen LogP contribution < -0.4 is 4.90 Å². The first-order valence-corrected chi connectivity index (χ1v) is 8.53. The van der Waals surface area contributed by atoms with Crippen molar-refractivity contribution in [3.8, 4) is 11.1 Å². The molecule has 0 fully saturated rings. The number of nitrogens with zero attached hydrogens (tertiary/aromatic N) is 1. The predicted octanol–water partition coefficient (Wildman–Crippen LogP) is 6.07. The van der Waals surface area contributed by atoms with E-state index >= 15 is 0 Å². The van der Waals surface area contributed by atoms with E-state index in [1.54, 1.807) is 0 Å². The Balaban J connectivity index is 1.83. The quantitative estimate of drug-likeness (QED) is 0.555. The fourth-order valence-corrected chi connectivity index (χ4v) is 3.85. The Hall–Kier alpha value is -2.54. The highest BCUT2D eigenvalue weighted by Crippen LogP contribution is 2.50. The molecule has 0 amide bonds. The van der Waals surface area contributed by atoms with Crippen molar-refractivity contribution in [3.05, 3.63) is 83.4 Å². The van der Waals surface area contributed by atoms with Crippen LogP contribution in [0.3, 0.4) is 0 Å². The van der Waals surface area contributed by atoms with Crippen LogP contribution in [0.1, 0.15) is 30.5 Å². The molecule has 0 radical (unpaired) electrons. The largest absolute Gasteiger partial charge is 0.345 e. The molecular formula is C23H23N. The molecule has 1 nitrogen and oxygen atoms in total. The molecule has 0 unspecified atom stereocenters. The Morgan fingerprint density at radius 3 is 2.04 bits per heavy atom. The number of aryl methyl sites for hydroxylation is 1. The fourth-order valence-electron chi connectivity index (χ4n) is 3.85. The van der Waals surface area contributed by atoms with Gasteiger partial charge in [-0.15, -0.1) is 0 Å². The van der Waals surface area contributed by atoms with Crippen molar-refractivity contribution in [1.82, 2.24) is 0 Å². The molecule has 1 heteroatoms. The zero-order valence-electron chi connectivity index (χ0n) is 14.8. The summed E-state index contributed by atoms with van der Waals surface area (Å²) in [5, 5.41) is 0. The molecule has 0 atom stereocenters. The Bertz CT molecular complexity index is 907. The number of hydrogen-bond acceptors (Lipinski definition) is 1. The minimum absolute atomic E-state index is 0.0459. The van der Waals surface area contributed by atoms with Gasteiger partial charge in [-0.2, -0.15) is 0 Å². The van der Waals surface area contributed by atoms with Crippen LogP contribution in [0, 0.1) is 6.92 Å². The highest BCUT2D eigenvalue weighted by atomic mass is 15.1. The van der Waals surface area contributed by atoms with Gasteiger partial charge in [0.1, 0.15) is 0 Å². The van der Waals surface area contributed by atoms with E-state index in [0.717, 1.165) is 0 Å². The SMILES string of the molecule is Cc1ccc2c(c1)C(C)(C)c1cc(N(C)c3ccccc3)ccc1-2. The Kier molecular flexibility index (Phi) is 3.28. The van der Waals surface area contributed by atoms with Gasteiger partial charge in [-0.25, -0.2) is 0 Å².